The highest BCUT2D eigenvalue weighted by molar-refractivity contribution is 5.94. The number of halogens is 1. The normalized spacial score (nSPS) is 13.8. The molecule has 1 unspecified atom stereocenters. The fourth-order valence-electron chi connectivity index (χ4n) is 1.84. The Kier molecular flexibility index (Phi) is 4.34. The van der Waals surface area contributed by atoms with Crippen LogP contribution in [0.3, 0.4) is 0 Å². The molecule has 2 N–H and O–H groups in total. The highest BCUT2D eigenvalue weighted by atomic mass is 19.1. The van der Waals surface area contributed by atoms with Crippen molar-refractivity contribution in [1.29, 1.82) is 0 Å². The highest BCUT2D eigenvalue weighted by Crippen LogP contribution is 2.25. The molecule has 0 spiro atoms. The number of rotatable bonds is 5. The molecule has 0 aliphatic heterocycles. The molecule has 0 heterocycles. The van der Waals surface area contributed by atoms with E-state index in [0.717, 1.165) is 0 Å². The van der Waals surface area contributed by atoms with E-state index in [1.54, 1.807) is 7.05 Å². The van der Waals surface area contributed by atoms with E-state index >= 15 is 0 Å². The van der Waals surface area contributed by atoms with E-state index in [0.29, 0.717) is 18.4 Å². The Balaban J connectivity index is 3.18. The third kappa shape index (κ3) is 2.50. The lowest BCUT2D eigenvalue weighted by Crippen LogP contribution is -2.52. The molecule has 0 aliphatic carbocycles. The molecule has 5 heteroatoms. The van der Waals surface area contributed by atoms with Gasteiger partial charge < -0.3 is 5.32 Å². The first-order valence-corrected chi connectivity index (χ1v) is 5.30. The van der Waals surface area contributed by atoms with Crippen LogP contribution in [0, 0.1) is 5.82 Å². The number of nitrogens with one attached hydrogen (secondary N) is 2. The van der Waals surface area contributed by atoms with Crippen LogP contribution < -0.4 is 10.6 Å². The van der Waals surface area contributed by atoms with Crippen LogP contribution in [0.25, 0.3) is 0 Å². The maximum absolute atomic E-state index is 12.9. The topological polar surface area (TPSA) is 58.2 Å². The number of hydrogen-bond donors (Lipinski definition) is 2. The van der Waals surface area contributed by atoms with E-state index in [-0.39, 0.29) is 5.82 Å². The second kappa shape index (κ2) is 5.54. The molecule has 1 atom stereocenters. The monoisotopic (exact) mass is 238 g/mol. The van der Waals surface area contributed by atoms with Gasteiger partial charge in [-0.2, -0.15) is 0 Å². The van der Waals surface area contributed by atoms with Crippen LogP contribution in [-0.2, 0) is 15.1 Å². The number of carbonyl (C=O) groups is 2. The lowest BCUT2D eigenvalue weighted by Gasteiger charge is -2.30. The Morgan fingerprint density at radius 3 is 2.41 bits per heavy atom. The lowest BCUT2D eigenvalue weighted by molar-refractivity contribution is -0.131. The fraction of sp³-hybridized carbons (Fsp3) is 0.333. The van der Waals surface area contributed by atoms with Crippen LogP contribution in [0.2, 0.25) is 0 Å². The molecule has 0 fully saturated rings. The van der Waals surface area contributed by atoms with Crippen LogP contribution in [0.5, 0.6) is 0 Å². The molecule has 1 rings (SSSR count). The predicted octanol–water partition coefficient (Wildman–Crippen LogP) is 0.923. The first-order chi connectivity index (χ1) is 8.10. The number of hydrogen-bond acceptors (Lipinski definition) is 3. The van der Waals surface area contributed by atoms with Crippen molar-refractivity contribution in [3.05, 3.63) is 35.6 Å². The van der Waals surface area contributed by atoms with Crippen molar-refractivity contribution in [2.45, 2.75) is 18.9 Å². The summed E-state index contributed by atoms with van der Waals surface area (Å²) in [7, 11) is 1.62. The summed E-state index contributed by atoms with van der Waals surface area (Å²) in [5.41, 5.74) is -0.405. The van der Waals surface area contributed by atoms with Gasteiger partial charge in [0, 0.05) is 0 Å². The molecule has 2 amide bonds. The SMILES string of the molecule is CCC(NC)(C(=O)NC=O)c1ccc(F)cc1. The molecule has 0 radical (unpaired) electrons. The van der Waals surface area contributed by atoms with Gasteiger partial charge in [0.2, 0.25) is 6.41 Å². The smallest absolute Gasteiger partial charge is 0.251 e. The summed E-state index contributed by atoms with van der Waals surface area (Å²) in [5, 5.41) is 5.02. The zero-order valence-corrected chi connectivity index (χ0v) is 9.79. The van der Waals surface area contributed by atoms with Crippen molar-refractivity contribution in [3.8, 4) is 0 Å². The standard InChI is InChI=1S/C12H15FN2O2/c1-3-12(14-2,11(17)15-8-16)9-4-6-10(13)7-5-9/h4-8,14H,3H2,1-2H3,(H,15,16,17). The van der Waals surface area contributed by atoms with E-state index in [4.69, 9.17) is 0 Å². The minimum Gasteiger partial charge on any atom is -0.303 e. The van der Waals surface area contributed by atoms with Crippen molar-refractivity contribution in [2.75, 3.05) is 7.05 Å². The van der Waals surface area contributed by atoms with Gasteiger partial charge in [0.15, 0.2) is 0 Å². The van der Waals surface area contributed by atoms with Gasteiger partial charge in [-0.15, -0.1) is 0 Å². The van der Waals surface area contributed by atoms with E-state index in [1.165, 1.54) is 24.3 Å². The maximum Gasteiger partial charge on any atom is 0.251 e. The van der Waals surface area contributed by atoms with Gasteiger partial charge in [-0.05, 0) is 31.2 Å². The van der Waals surface area contributed by atoms with Crippen molar-refractivity contribution >= 4 is 12.3 Å². The molecule has 0 bridgehead atoms. The summed E-state index contributed by atoms with van der Waals surface area (Å²) in [6.45, 7) is 1.81. The third-order valence-electron chi connectivity index (χ3n) is 2.87. The molecule has 0 aliphatic rings. The van der Waals surface area contributed by atoms with Crippen LogP contribution in [-0.4, -0.2) is 19.4 Å². The molecule has 0 saturated carbocycles. The van der Waals surface area contributed by atoms with Crippen LogP contribution in [0.4, 0.5) is 4.39 Å². The minimum atomic E-state index is -1.02. The van der Waals surface area contributed by atoms with Crippen molar-refractivity contribution in [2.24, 2.45) is 0 Å². The zero-order valence-electron chi connectivity index (χ0n) is 9.79. The van der Waals surface area contributed by atoms with Gasteiger partial charge in [-0.25, -0.2) is 4.39 Å². The van der Waals surface area contributed by atoms with Gasteiger partial charge in [0.1, 0.15) is 11.4 Å². The summed E-state index contributed by atoms with van der Waals surface area (Å²) < 4.78 is 12.9. The number of amides is 2. The van der Waals surface area contributed by atoms with Gasteiger partial charge in [0.25, 0.3) is 5.91 Å². The molecule has 17 heavy (non-hydrogen) atoms. The average molecular weight is 238 g/mol. The van der Waals surface area contributed by atoms with E-state index in [9.17, 15) is 14.0 Å². The second-order valence-corrected chi connectivity index (χ2v) is 3.61. The maximum atomic E-state index is 12.9. The second-order valence-electron chi connectivity index (χ2n) is 3.61. The summed E-state index contributed by atoms with van der Waals surface area (Å²) >= 11 is 0. The molecular weight excluding hydrogens is 223 g/mol. The Bertz CT molecular complexity index is 399. The first-order valence-electron chi connectivity index (χ1n) is 5.30. The molecule has 0 saturated heterocycles. The average Bonchev–Trinajstić information content (AvgIpc) is 2.34. The zero-order chi connectivity index (χ0) is 12.9. The quantitative estimate of drug-likeness (QED) is 0.750. The molecule has 0 aromatic heterocycles. The molecule has 1 aromatic carbocycles. The number of likely N-dealkylation sites (N-methyl/N-ethyl adjacent to an activating group) is 1. The number of imide groups is 1. The largest absolute Gasteiger partial charge is 0.303 e. The van der Waals surface area contributed by atoms with Crippen molar-refractivity contribution in [1.82, 2.24) is 10.6 Å². The van der Waals surface area contributed by atoms with Crippen molar-refractivity contribution in [3.63, 3.8) is 0 Å². The van der Waals surface area contributed by atoms with Crippen LogP contribution >= 0.6 is 0 Å². The summed E-state index contributed by atoms with van der Waals surface area (Å²) in [6.07, 6.45) is 0.780. The molecule has 4 nitrogen and oxygen atoms in total. The van der Waals surface area contributed by atoms with Crippen molar-refractivity contribution < 1.29 is 14.0 Å². The molecule has 1 aromatic rings. The van der Waals surface area contributed by atoms with Gasteiger partial charge >= 0.3 is 0 Å². The summed E-state index contributed by atoms with van der Waals surface area (Å²) in [4.78, 5) is 22.3. The minimum absolute atomic E-state index is 0.341. The Hall–Kier alpha value is -1.75. The van der Waals surface area contributed by atoms with E-state index < -0.39 is 11.4 Å². The van der Waals surface area contributed by atoms with Gasteiger partial charge in [-0.3, -0.25) is 14.9 Å². The Morgan fingerprint density at radius 2 is 2.00 bits per heavy atom. The van der Waals surface area contributed by atoms with Crippen LogP contribution in [0.1, 0.15) is 18.9 Å². The predicted molar refractivity (Wildman–Crippen MR) is 61.6 cm³/mol. The Labute approximate surface area is 99.2 Å². The summed E-state index contributed by atoms with van der Waals surface area (Å²) in [6, 6.07) is 5.62. The summed E-state index contributed by atoms with van der Waals surface area (Å²) in [5.74, 6) is -0.824. The highest BCUT2D eigenvalue weighted by Gasteiger charge is 2.36. The van der Waals surface area contributed by atoms with Gasteiger partial charge in [-0.1, -0.05) is 19.1 Å². The van der Waals surface area contributed by atoms with Gasteiger partial charge in [0.05, 0.1) is 0 Å². The van der Waals surface area contributed by atoms with E-state index in [1.807, 2.05) is 6.92 Å². The fourth-order valence-corrected chi connectivity index (χ4v) is 1.84. The molecular formula is C12H15FN2O2. The number of benzene rings is 1. The Morgan fingerprint density at radius 1 is 1.41 bits per heavy atom. The van der Waals surface area contributed by atoms with Crippen LogP contribution in [0.15, 0.2) is 24.3 Å². The number of carbonyl (C=O) groups excluding carboxylic acids is 2. The lowest BCUT2D eigenvalue weighted by atomic mass is 9.86. The van der Waals surface area contributed by atoms with E-state index in [2.05, 4.69) is 10.6 Å². The third-order valence-corrected chi connectivity index (χ3v) is 2.87. The first kappa shape index (κ1) is 13.3. The molecule has 92 valence electrons.